The van der Waals surface area contributed by atoms with Crippen LogP contribution >= 0.6 is 11.6 Å². The highest BCUT2D eigenvalue weighted by molar-refractivity contribution is 6.31. The Labute approximate surface area is 258 Å². The standard InChI is InChI=1S/C34H32ClN3O6/c1-44-33(42)30-26(31(40)25-8-7-23(35)14-27(25)38(30)24-5-3-2-4-6-24)18-37-10-9-20(13-28(37)39)32(41)36-29-21-11-19-12-22(29)17-34(43,15-19)16-21/h2-10,13-14,19,21-22,29,43H,11-12,15-18H2,1H3,(H,36,41). The number of aromatic nitrogens is 2. The van der Waals surface area contributed by atoms with Crippen LogP contribution in [0.4, 0.5) is 0 Å². The Morgan fingerprint density at radius 1 is 1.02 bits per heavy atom. The normalized spacial score (nSPS) is 25.2. The first-order valence-corrected chi connectivity index (χ1v) is 15.3. The van der Waals surface area contributed by atoms with Gasteiger partial charge in [0.15, 0.2) is 5.43 Å². The van der Waals surface area contributed by atoms with Crippen molar-refractivity contribution >= 4 is 34.4 Å². The fraction of sp³-hybridized carbons (Fsp3) is 0.353. The summed E-state index contributed by atoms with van der Waals surface area (Å²) in [5.41, 5.74) is -0.211. The van der Waals surface area contributed by atoms with E-state index in [-0.39, 0.29) is 47.2 Å². The maximum absolute atomic E-state index is 13.9. The number of pyridine rings is 2. The van der Waals surface area contributed by atoms with E-state index in [9.17, 15) is 24.3 Å². The van der Waals surface area contributed by atoms with E-state index in [0.29, 0.717) is 40.4 Å². The number of methoxy groups -OCH3 is 1. The van der Waals surface area contributed by atoms with Crippen LogP contribution in [0.15, 0.2) is 76.4 Å². The van der Waals surface area contributed by atoms with Gasteiger partial charge >= 0.3 is 5.97 Å². The van der Waals surface area contributed by atoms with Crippen LogP contribution in [-0.2, 0) is 11.3 Å². The van der Waals surface area contributed by atoms with E-state index < -0.39 is 22.6 Å². The van der Waals surface area contributed by atoms with Crippen LogP contribution in [0.3, 0.4) is 0 Å². The third kappa shape index (κ3) is 4.84. The Kier molecular flexibility index (Phi) is 6.98. The molecule has 2 heterocycles. The predicted molar refractivity (Wildman–Crippen MR) is 165 cm³/mol. The second kappa shape index (κ2) is 10.7. The molecule has 1 amide bonds. The number of ether oxygens (including phenoxy) is 1. The summed E-state index contributed by atoms with van der Waals surface area (Å²) in [6, 6.07) is 16.7. The second-order valence-corrected chi connectivity index (χ2v) is 13.0. The molecule has 2 aromatic heterocycles. The molecule has 9 nitrogen and oxygen atoms in total. The minimum atomic E-state index is -0.743. The highest BCUT2D eigenvalue weighted by atomic mass is 35.5. The van der Waals surface area contributed by atoms with E-state index in [0.717, 1.165) is 19.3 Å². The molecule has 44 heavy (non-hydrogen) atoms. The topological polar surface area (TPSA) is 120 Å². The predicted octanol–water partition coefficient (Wildman–Crippen LogP) is 4.31. The van der Waals surface area contributed by atoms with Crippen LogP contribution in [0.2, 0.25) is 5.02 Å². The molecule has 0 radical (unpaired) electrons. The van der Waals surface area contributed by atoms with E-state index >= 15 is 0 Å². The van der Waals surface area contributed by atoms with Crippen molar-refractivity contribution in [3.8, 4) is 5.69 Å². The van der Waals surface area contributed by atoms with Gasteiger partial charge in [-0.25, -0.2) is 4.79 Å². The molecule has 4 bridgehead atoms. The summed E-state index contributed by atoms with van der Waals surface area (Å²) >= 11 is 6.31. The zero-order valence-electron chi connectivity index (χ0n) is 24.2. The number of benzene rings is 2. The van der Waals surface area contributed by atoms with Gasteiger partial charge < -0.3 is 24.3 Å². The highest BCUT2D eigenvalue weighted by Crippen LogP contribution is 2.55. The SMILES string of the molecule is COC(=O)c1c(Cn2ccc(C(=O)NC3C4CC5CC3CC(O)(C5)C4)cc2=O)c(=O)c2ccc(Cl)cc2n1-c1ccccc1. The number of amides is 1. The lowest BCUT2D eigenvalue weighted by Crippen LogP contribution is -2.61. The number of fused-ring (bicyclic) bond motifs is 1. The number of halogens is 1. The third-order valence-corrected chi connectivity index (χ3v) is 9.98. The van der Waals surface area contributed by atoms with Gasteiger partial charge in [0.1, 0.15) is 5.69 Å². The van der Waals surface area contributed by atoms with Crippen molar-refractivity contribution in [2.75, 3.05) is 7.11 Å². The fourth-order valence-electron chi connectivity index (χ4n) is 8.11. The van der Waals surface area contributed by atoms with Gasteiger partial charge in [0.05, 0.1) is 30.3 Å². The van der Waals surface area contributed by atoms with Crippen LogP contribution in [-0.4, -0.2) is 44.9 Å². The molecule has 2 N–H and O–H groups in total. The molecule has 2 atom stereocenters. The molecule has 8 rings (SSSR count). The number of hydrogen-bond donors (Lipinski definition) is 2. The molecule has 2 unspecified atom stereocenters. The third-order valence-electron chi connectivity index (χ3n) is 9.75. The van der Waals surface area contributed by atoms with Crippen LogP contribution in [0.1, 0.15) is 58.5 Å². The summed E-state index contributed by atoms with van der Waals surface area (Å²) < 4.78 is 8.05. The van der Waals surface area contributed by atoms with E-state index in [1.165, 1.54) is 23.9 Å². The number of rotatable bonds is 6. The number of nitrogens with one attached hydrogen (secondary N) is 1. The molecule has 4 aliphatic carbocycles. The lowest BCUT2D eigenvalue weighted by molar-refractivity contribution is -0.136. The summed E-state index contributed by atoms with van der Waals surface area (Å²) in [4.78, 5) is 53.8. The van der Waals surface area contributed by atoms with Crippen molar-refractivity contribution in [2.45, 2.75) is 50.3 Å². The highest BCUT2D eigenvalue weighted by Gasteiger charge is 2.55. The lowest BCUT2D eigenvalue weighted by Gasteiger charge is -2.58. The molecule has 10 heteroatoms. The Hall–Kier alpha value is -4.21. The smallest absolute Gasteiger partial charge is 0.355 e. The Bertz CT molecular complexity index is 1920. The Balaban J connectivity index is 1.24. The van der Waals surface area contributed by atoms with Gasteiger partial charge in [-0.2, -0.15) is 0 Å². The molecule has 4 fully saturated rings. The summed E-state index contributed by atoms with van der Waals surface area (Å²) in [6.45, 7) is -0.220. The average Bonchev–Trinajstić information content (AvgIpc) is 3.00. The average molecular weight is 614 g/mol. The first-order chi connectivity index (χ1) is 21.1. The van der Waals surface area contributed by atoms with E-state index in [4.69, 9.17) is 16.3 Å². The molecular formula is C34H32ClN3O6. The van der Waals surface area contributed by atoms with Crippen LogP contribution in [0.5, 0.6) is 0 Å². The van der Waals surface area contributed by atoms with Gasteiger partial charge in [0.2, 0.25) is 0 Å². The first kappa shape index (κ1) is 28.6. The summed E-state index contributed by atoms with van der Waals surface area (Å²) in [6.07, 6.45) is 5.74. The number of carbonyl (C=O) groups excluding carboxylic acids is 2. The molecular weight excluding hydrogens is 582 g/mol. The number of para-hydroxylation sites is 1. The number of carbonyl (C=O) groups is 2. The van der Waals surface area contributed by atoms with Gasteiger partial charge in [-0.1, -0.05) is 29.8 Å². The van der Waals surface area contributed by atoms with Gasteiger partial charge in [-0.15, -0.1) is 0 Å². The van der Waals surface area contributed by atoms with Gasteiger partial charge in [-0.05, 0) is 86.3 Å². The maximum atomic E-state index is 13.9. The molecule has 0 saturated heterocycles. The van der Waals surface area contributed by atoms with Crippen molar-refractivity contribution in [1.29, 1.82) is 0 Å². The van der Waals surface area contributed by atoms with Crippen molar-refractivity contribution in [2.24, 2.45) is 17.8 Å². The lowest BCUT2D eigenvalue weighted by atomic mass is 9.52. The van der Waals surface area contributed by atoms with Crippen LogP contribution < -0.4 is 16.3 Å². The zero-order valence-corrected chi connectivity index (χ0v) is 24.9. The van der Waals surface area contributed by atoms with E-state index in [1.807, 2.05) is 18.2 Å². The van der Waals surface area contributed by atoms with Crippen LogP contribution in [0.25, 0.3) is 16.6 Å². The first-order valence-electron chi connectivity index (χ1n) is 14.9. The quantitative estimate of drug-likeness (QED) is 0.313. The molecule has 4 saturated carbocycles. The molecule has 0 aliphatic heterocycles. The largest absolute Gasteiger partial charge is 0.464 e. The molecule has 4 aliphatic rings. The Morgan fingerprint density at radius 3 is 2.41 bits per heavy atom. The fourth-order valence-corrected chi connectivity index (χ4v) is 8.28. The van der Waals surface area contributed by atoms with Crippen molar-refractivity contribution in [3.05, 3.63) is 109 Å². The number of esters is 1. The summed E-state index contributed by atoms with van der Waals surface area (Å²) in [5.74, 6) is -0.0815. The minimum Gasteiger partial charge on any atom is -0.464 e. The van der Waals surface area contributed by atoms with Gasteiger partial charge in [0, 0.05) is 40.0 Å². The summed E-state index contributed by atoms with van der Waals surface area (Å²) in [5, 5.41) is 14.8. The zero-order chi connectivity index (χ0) is 30.7. The van der Waals surface area contributed by atoms with Crippen LogP contribution in [0, 0.1) is 17.8 Å². The van der Waals surface area contributed by atoms with Crippen molar-refractivity contribution in [1.82, 2.24) is 14.5 Å². The van der Waals surface area contributed by atoms with Gasteiger partial charge in [0.25, 0.3) is 11.5 Å². The van der Waals surface area contributed by atoms with E-state index in [2.05, 4.69) is 5.32 Å². The van der Waals surface area contributed by atoms with Crippen molar-refractivity contribution < 1.29 is 19.4 Å². The number of hydrogen-bond acceptors (Lipinski definition) is 6. The summed E-state index contributed by atoms with van der Waals surface area (Å²) in [7, 11) is 1.23. The molecule has 0 spiro atoms. The maximum Gasteiger partial charge on any atom is 0.355 e. The molecule has 2 aromatic carbocycles. The molecule has 226 valence electrons. The monoisotopic (exact) mass is 613 g/mol. The molecule has 4 aromatic rings. The number of aliphatic hydroxyl groups is 1. The Morgan fingerprint density at radius 2 is 1.75 bits per heavy atom. The number of nitrogens with zero attached hydrogens (tertiary/aromatic N) is 2. The van der Waals surface area contributed by atoms with Gasteiger partial charge in [-0.3, -0.25) is 14.4 Å². The second-order valence-electron chi connectivity index (χ2n) is 12.6. The van der Waals surface area contributed by atoms with Crippen molar-refractivity contribution in [3.63, 3.8) is 0 Å². The minimum absolute atomic E-state index is 0.0178. The van der Waals surface area contributed by atoms with E-state index in [1.54, 1.807) is 41.0 Å².